The minimum atomic E-state index is 0.398. The fourth-order valence-corrected chi connectivity index (χ4v) is 2.34. The second-order valence-electron chi connectivity index (χ2n) is 6.48. The van der Waals surface area contributed by atoms with E-state index >= 15 is 0 Å². The van der Waals surface area contributed by atoms with Crippen LogP contribution in [0.15, 0.2) is 0 Å². The van der Waals surface area contributed by atoms with Crippen LogP contribution in [0.3, 0.4) is 0 Å². The van der Waals surface area contributed by atoms with Crippen molar-refractivity contribution in [3.63, 3.8) is 0 Å². The normalized spacial score (nSPS) is 16.4. The summed E-state index contributed by atoms with van der Waals surface area (Å²) in [5.41, 5.74) is 0.398. The Labute approximate surface area is 110 Å². The van der Waals surface area contributed by atoms with E-state index in [0.29, 0.717) is 5.41 Å². The van der Waals surface area contributed by atoms with Crippen molar-refractivity contribution >= 4 is 0 Å². The Morgan fingerprint density at radius 1 is 1.17 bits per heavy atom. The van der Waals surface area contributed by atoms with Crippen LogP contribution in [-0.2, 0) is 19.5 Å². The van der Waals surface area contributed by atoms with Gasteiger partial charge < -0.3 is 9.88 Å². The monoisotopic (exact) mass is 250 g/mol. The van der Waals surface area contributed by atoms with Crippen LogP contribution >= 0.6 is 0 Å². The van der Waals surface area contributed by atoms with Crippen LogP contribution < -0.4 is 5.32 Å². The highest BCUT2D eigenvalue weighted by Gasteiger charge is 2.14. The van der Waals surface area contributed by atoms with Gasteiger partial charge in [-0.2, -0.15) is 0 Å². The van der Waals surface area contributed by atoms with Crippen molar-refractivity contribution in [2.24, 2.45) is 5.41 Å². The summed E-state index contributed by atoms with van der Waals surface area (Å²) in [6.45, 7) is 9.82. The summed E-state index contributed by atoms with van der Waals surface area (Å²) in [6.07, 6.45) is 6.12. The molecule has 18 heavy (non-hydrogen) atoms. The van der Waals surface area contributed by atoms with Gasteiger partial charge in [-0.25, -0.2) is 0 Å². The molecule has 0 amide bonds. The smallest absolute Gasteiger partial charge is 0.147 e. The lowest BCUT2D eigenvalue weighted by Crippen LogP contribution is -2.22. The van der Waals surface area contributed by atoms with Crippen LogP contribution in [0.4, 0.5) is 0 Å². The highest BCUT2D eigenvalue weighted by Crippen LogP contribution is 2.17. The van der Waals surface area contributed by atoms with Crippen molar-refractivity contribution in [1.82, 2.24) is 20.1 Å². The summed E-state index contributed by atoms with van der Waals surface area (Å²) < 4.78 is 2.32. The molecule has 4 nitrogen and oxygen atoms in total. The maximum atomic E-state index is 4.32. The molecule has 1 aromatic heterocycles. The predicted octanol–water partition coefficient (Wildman–Crippen LogP) is 2.53. The molecule has 4 heteroatoms. The number of fused-ring (bicyclic) bond motifs is 1. The molecule has 0 unspecified atom stereocenters. The van der Waals surface area contributed by atoms with Gasteiger partial charge in [0.25, 0.3) is 0 Å². The second-order valence-corrected chi connectivity index (χ2v) is 6.48. The third-order valence-electron chi connectivity index (χ3n) is 3.52. The first-order valence-electron chi connectivity index (χ1n) is 7.18. The third kappa shape index (κ3) is 3.80. The van der Waals surface area contributed by atoms with Gasteiger partial charge in [-0.1, -0.05) is 27.2 Å². The number of nitrogens with zero attached hydrogens (tertiary/aromatic N) is 3. The van der Waals surface area contributed by atoms with Crippen molar-refractivity contribution < 1.29 is 0 Å². The summed E-state index contributed by atoms with van der Waals surface area (Å²) >= 11 is 0. The number of aromatic nitrogens is 3. The first kappa shape index (κ1) is 13.5. The van der Waals surface area contributed by atoms with Crippen molar-refractivity contribution in [1.29, 1.82) is 0 Å². The average Bonchev–Trinajstić information content (AvgIpc) is 2.53. The topological polar surface area (TPSA) is 42.7 Å². The fraction of sp³-hybridized carbons (Fsp3) is 0.857. The molecule has 0 fully saturated rings. The lowest BCUT2D eigenvalue weighted by Gasteiger charge is -2.18. The van der Waals surface area contributed by atoms with Crippen LogP contribution in [0.5, 0.6) is 0 Å². The van der Waals surface area contributed by atoms with Gasteiger partial charge in [-0.3, -0.25) is 0 Å². The molecule has 1 aromatic rings. The molecular weight excluding hydrogens is 224 g/mol. The molecule has 0 bridgehead atoms. The molecule has 0 atom stereocenters. The highest BCUT2D eigenvalue weighted by atomic mass is 15.3. The van der Waals surface area contributed by atoms with Gasteiger partial charge in [0.2, 0.25) is 0 Å². The molecule has 1 aliphatic heterocycles. The second kappa shape index (κ2) is 5.83. The zero-order valence-corrected chi connectivity index (χ0v) is 12.0. The molecule has 2 heterocycles. The van der Waals surface area contributed by atoms with Crippen LogP contribution in [-0.4, -0.2) is 21.3 Å². The summed E-state index contributed by atoms with van der Waals surface area (Å²) in [6, 6.07) is 0. The third-order valence-corrected chi connectivity index (χ3v) is 3.52. The molecule has 1 aliphatic rings. The van der Waals surface area contributed by atoms with Gasteiger partial charge in [-0.15, -0.1) is 10.2 Å². The number of rotatable bonds is 4. The Morgan fingerprint density at radius 2 is 2.00 bits per heavy atom. The minimum Gasteiger partial charge on any atom is -0.314 e. The van der Waals surface area contributed by atoms with E-state index in [1.54, 1.807) is 0 Å². The maximum absolute atomic E-state index is 4.32. The van der Waals surface area contributed by atoms with E-state index < -0.39 is 0 Å². The van der Waals surface area contributed by atoms with E-state index in [1.807, 2.05) is 0 Å². The Balaban J connectivity index is 1.85. The SMILES string of the molecule is CC(C)(C)CCNCc1nnc2n1CCCCC2. The van der Waals surface area contributed by atoms with Crippen LogP contribution in [0.1, 0.15) is 58.1 Å². The van der Waals surface area contributed by atoms with Crippen molar-refractivity contribution in [3.8, 4) is 0 Å². The number of aryl methyl sites for hydroxylation is 1. The van der Waals surface area contributed by atoms with E-state index in [1.165, 1.54) is 31.5 Å². The Morgan fingerprint density at radius 3 is 2.78 bits per heavy atom. The van der Waals surface area contributed by atoms with Crippen molar-refractivity contribution in [2.45, 2.75) is 66.0 Å². The standard InChI is InChI=1S/C14H26N4/c1-14(2,3)8-9-15-11-13-17-16-12-7-5-4-6-10-18(12)13/h15H,4-11H2,1-3H3. The summed E-state index contributed by atoms with van der Waals surface area (Å²) in [7, 11) is 0. The lowest BCUT2D eigenvalue weighted by molar-refractivity contribution is 0.364. The van der Waals surface area contributed by atoms with Crippen LogP contribution in [0.25, 0.3) is 0 Å². The highest BCUT2D eigenvalue weighted by molar-refractivity contribution is 4.97. The van der Waals surface area contributed by atoms with Crippen molar-refractivity contribution in [2.75, 3.05) is 6.54 Å². The average molecular weight is 250 g/mol. The van der Waals surface area contributed by atoms with Gasteiger partial charge >= 0.3 is 0 Å². The molecular formula is C14H26N4. The van der Waals surface area contributed by atoms with E-state index in [9.17, 15) is 0 Å². The molecule has 0 radical (unpaired) electrons. The predicted molar refractivity (Wildman–Crippen MR) is 73.4 cm³/mol. The van der Waals surface area contributed by atoms with Crippen molar-refractivity contribution in [3.05, 3.63) is 11.6 Å². The number of hydrogen-bond acceptors (Lipinski definition) is 3. The van der Waals surface area contributed by atoms with Crippen LogP contribution in [0, 0.1) is 5.41 Å². The zero-order chi connectivity index (χ0) is 13.0. The molecule has 0 spiro atoms. The van der Waals surface area contributed by atoms with E-state index in [0.717, 1.165) is 31.9 Å². The Bertz CT molecular complexity index is 376. The first-order chi connectivity index (χ1) is 8.56. The van der Waals surface area contributed by atoms with E-state index in [4.69, 9.17) is 0 Å². The quantitative estimate of drug-likeness (QED) is 0.835. The molecule has 0 aliphatic carbocycles. The molecule has 2 rings (SSSR count). The summed E-state index contributed by atoms with van der Waals surface area (Å²) in [5, 5.41) is 12.1. The Kier molecular flexibility index (Phi) is 4.38. The number of hydrogen-bond donors (Lipinski definition) is 1. The van der Waals surface area contributed by atoms with Gasteiger partial charge in [0, 0.05) is 13.0 Å². The summed E-state index contributed by atoms with van der Waals surface area (Å²) in [5.74, 6) is 2.29. The maximum Gasteiger partial charge on any atom is 0.147 e. The van der Waals surface area contributed by atoms with Gasteiger partial charge in [0.05, 0.1) is 6.54 Å². The molecule has 1 N–H and O–H groups in total. The van der Waals surface area contributed by atoms with E-state index in [-0.39, 0.29) is 0 Å². The van der Waals surface area contributed by atoms with Crippen LogP contribution in [0.2, 0.25) is 0 Å². The fourth-order valence-electron chi connectivity index (χ4n) is 2.34. The first-order valence-corrected chi connectivity index (χ1v) is 7.18. The van der Waals surface area contributed by atoms with Gasteiger partial charge in [0.1, 0.15) is 11.6 Å². The zero-order valence-electron chi connectivity index (χ0n) is 12.0. The van der Waals surface area contributed by atoms with Gasteiger partial charge in [0.15, 0.2) is 0 Å². The molecule has 0 aromatic carbocycles. The minimum absolute atomic E-state index is 0.398. The van der Waals surface area contributed by atoms with E-state index in [2.05, 4.69) is 40.9 Å². The molecule has 102 valence electrons. The molecule has 0 saturated heterocycles. The molecule has 0 saturated carbocycles. The largest absolute Gasteiger partial charge is 0.314 e. The summed E-state index contributed by atoms with van der Waals surface area (Å²) in [4.78, 5) is 0. The Hall–Kier alpha value is -0.900. The number of nitrogens with one attached hydrogen (secondary N) is 1. The lowest BCUT2D eigenvalue weighted by atomic mass is 9.92. The van der Waals surface area contributed by atoms with Gasteiger partial charge in [-0.05, 0) is 31.2 Å².